The Morgan fingerprint density at radius 1 is 1.23 bits per heavy atom. The average molecular weight is 375 g/mol. The predicted octanol–water partition coefficient (Wildman–Crippen LogP) is 3.33. The lowest BCUT2D eigenvalue weighted by Gasteiger charge is -2.17. The smallest absolute Gasteiger partial charge is 0.225 e. The highest BCUT2D eigenvalue weighted by Gasteiger charge is 2.30. The van der Waals surface area contributed by atoms with E-state index >= 15 is 0 Å². The first kappa shape index (κ1) is 18.4. The van der Waals surface area contributed by atoms with Crippen LogP contribution in [0.4, 0.5) is 4.39 Å². The molecular weight excluding hydrogens is 355 g/mol. The Labute approximate surface area is 157 Å². The number of rotatable bonds is 6. The van der Waals surface area contributed by atoms with Crippen LogP contribution < -0.4 is 5.32 Å². The fourth-order valence-corrected chi connectivity index (χ4v) is 3.36. The van der Waals surface area contributed by atoms with Crippen LogP contribution in [0.25, 0.3) is 0 Å². The predicted molar refractivity (Wildman–Crippen MR) is 98.1 cm³/mol. The van der Waals surface area contributed by atoms with Crippen LogP contribution >= 0.6 is 11.6 Å². The first-order chi connectivity index (χ1) is 12.5. The largest absolute Gasteiger partial charge is 0.351 e. The summed E-state index contributed by atoms with van der Waals surface area (Å²) in [4.78, 5) is 26.0. The number of aryl methyl sites for hydroxylation is 1. The highest BCUT2D eigenvalue weighted by molar-refractivity contribution is 6.31. The maximum Gasteiger partial charge on any atom is 0.225 e. The number of hydrogen-bond acceptors (Lipinski definition) is 2. The third-order valence-corrected chi connectivity index (χ3v) is 4.79. The Morgan fingerprint density at radius 3 is 2.81 bits per heavy atom. The molecule has 1 atom stereocenters. The number of hydrogen-bond donors (Lipinski definition) is 1. The monoisotopic (exact) mass is 374 g/mol. The van der Waals surface area contributed by atoms with Crippen LogP contribution in [-0.4, -0.2) is 29.3 Å². The van der Waals surface area contributed by atoms with E-state index in [1.165, 1.54) is 12.1 Å². The Bertz CT molecular complexity index is 812. The number of nitrogens with one attached hydrogen (secondary N) is 1. The number of nitrogens with zero attached hydrogens (tertiary/aromatic N) is 1. The highest BCUT2D eigenvalue weighted by atomic mass is 35.5. The quantitative estimate of drug-likeness (QED) is 0.843. The van der Waals surface area contributed by atoms with Crippen molar-refractivity contribution in [3.8, 4) is 0 Å². The minimum Gasteiger partial charge on any atom is -0.351 e. The Kier molecular flexibility index (Phi) is 5.89. The molecule has 136 valence electrons. The van der Waals surface area contributed by atoms with Crippen LogP contribution in [0.2, 0.25) is 5.02 Å². The van der Waals surface area contributed by atoms with Crippen molar-refractivity contribution in [2.75, 3.05) is 6.54 Å². The molecule has 0 aliphatic carbocycles. The Hall–Kier alpha value is -2.40. The molecule has 26 heavy (non-hydrogen) atoms. The van der Waals surface area contributed by atoms with Gasteiger partial charge in [0.25, 0.3) is 0 Å². The van der Waals surface area contributed by atoms with Crippen LogP contribution in [0.15, 0.2) is 48.5 Å². The SMILES string of the molecule is O=C(CCc1ccccc1Cl)NC1CC(=O)N(Cc2cccc(F)c2)C1. The molecule has 0 radical (unpaired) electrons. The van der Waals surface area contributed by atoms with Gasteiger partial charge in [0.2, 0.25) is 11.8 Å². The molecule has 0 saturated carbocycles. The number of halogens is 2. The molecule has 6 heteroatoms. The second kappa shape index (κ2) is 8.32. The van der Waals surface area contributed by atoms with Crippen molar-refractivity contribution in [3.05, 3.63) is 70.5 Å². The minimum absolute atomic E-state index is 0.0364. The lowest BCUT2D eigenvalue weighted by Crippen LogP contribution is -2.37. The molecule has 2 aromatic carbocycles. The average Bonchev–Trinajstić information content (AvgIpc) is 2.93. The lowest BCUT2D eigenvalue weighted by atomic mass is 10.1. The first-order valence-corrected chi connectivity index (χ1v) is 8.94. The number of carbonyl (C=O) groups is 2. The van der Waals surface area contributed by atoms with Crippen molar-refractivity contribution < 1.29 is 14.0 Å². The van der Waals surface area contributed by atoms with Gasteiger partial charge in [-0.3, -0.25) is 9.59 Å². The summed E-state index contributed by atoms with van der Waals surface area (Å²) in [6, 6.07) is 13.4. The second-order valence-electron chi connectivity index (χ2n) is 6.46. The van der Waals surface area contributed by atoms with E-state index in [1.54, 1.807) is 23.1 Å². The molecule has 4 nitrogen and oxygen atoms in total. The maximum atomic E-state index is 13.3. The molecular formula is C20H20ClFN2O2. The minimum atomic E-state index is -0.321. The molecule has 2 amide bonds. The van der Waals surface area contributed by atoms with Gasteiger partial charge in [-0.15, -0.1) is 0 Å². The number of benzene rings is 2. The Balaban J connectivity index is 1.49. The summed E-state index contributed by atoms with van der Waals surface area (Å²) < 4.78 is 13.3. The summed E-state index contributed by atoms with van der Waals surface area (Å²) in [7, 11) is 0. The number of likely N-dealkylation sites (tertiary alicyclic amines) is 1. The van der Waals surface area contributed by atoms with E-state index in [4.69, 9.17) is 11.6 Å². The van der Waals surface area contributed by atoms with E-state index in [1.807, 2.05) is 18.2 Å². The van der Waals surface area contributed by atoms with Gasteiger partial charge in [-0.2, -0.15) is 0 Å². The number of carbonyl (C=O) groups excluding carboxylic acids is 2. The molecule has 0 aromatic heterocycles. The molecule has 1 fully saturated rings. The van der Waals surface area contributed by atoms with Gasteiger partial charge in [-0.1, -0.05) is 41.9 Å². The molecule has 1 heterocycles. The van der Waals surface area contributed by atoms with Crippen molar-refractivity contribution in [3.63, 3.8) is 0 Å². The van der Waals surface area contributed by atoms with E-state index < -0.39 is 0 Å². The molecule has 1 N–H and O–H groups in total. The van der Waals surface area contributed by atoms with E-state index in [0.29, 0.717) is 31.0 Å². The zero-order chi connectivity index (χ0) is 18.5. The summed E-state index contributed by atoms with van der Waals surface area (Å²) in [6.45, 7) is 0.787. The van der Waals surface area contributed by atoms with Crippen LogP contribution in [0.3, 0.4) is 0 Å². The van der Waals surface area contributed by atoms with Crippen LogP contribution in [0.5, 0.6) is 0 Å². The van der Waals surface area contributed by atoms with Gasteiger partial charge in [-0.05, 0) is 35.7 Å². The van der Waals surface area contributed by atoms with Gasteiger partial charge in [0.15, 0.2) is 0 Å². The van der Waals surface area contributed by atoms with Crippen LogP contribution in [0.1, 0.15) is 24.0 Å². The van der Waals surface area contributed by atoms with Gasteiger partial charge in [-0.25, -0.2) is 4.39 Å². The van der Waals surface area contributed by atoms with Gasteiger partial charge in [0, 0.05) is 31.0 Å². The third-order valence-electron chi connectivity index (χ3n) is 4.42. The number of amides is 2. The summed E-state index contributed by atoms with van der Waals surface area (Å²) >= 11 is 6.09. The van der Waals surface area contributed by atoms with Crippen molar-refractivity contribution in [2.45, 2.75) is 31.8 Å². The van der Waals surface area contributed by atoms with E-state index in [-0.39, 0.29) is 30.1 Å². The normalized spacial score (nSPS) is 16.8. The molecule has 3 rings (SSSR count). The maximum absolute atomic E-state index is 13.3. The van der Waals surface area contributed by atoms with Gasteiger partial charge >= 0.3 is 0 Å². The summed E-state index contributed by atoms with van der Waals surface area (Å²) in [5.74, 6) is -0.459. The molecule has 1 unspecified atom stereocenters. The van der Waals surface area contributed by atoms with E-state index in [0.717, 1.165) is 11.1 Å². The van der Waals surface area contributed by atoms with Gasteiger partial charge in [0.1, 0.15) is 5.82 Å². The van der Waals surface area contributed by atoms with Crippen molar-refractivity contribution in [1.29, 1.82) is 0 Å². The van der Waals surface area contributed by atoms with E-state index in [2.05, 4.69) is 5.32 Å². The topological polar surface area (TPSA) is 49.4 Å². The highest BCUT2D eigenvalue weighted by Crippen LogP contribution is 2.18. The fourth-order valence-electron chi connectivity index (χ4n) is 3.13. The van der Waals surface area contributed by atoms with Crippen LogP contribution in [0, 0.1) is 5.82 Å². The van der Waals surface area contributed by atoms with Crippen LogP contribution in [-0.2, 0) is 22.6 Å². The third kappa shape index (κ3) is 4.82. The van der Waals surface area contributed by atoms with Crippen molar-refractivity contribution >= 4 is 23.4 Å². The lowest BCUT2D eigenvalue weighted by molar-refractivity contribution is -0.128. The molecule has 1 aliphatic rings. The second-order valence-corrected chi connectivity index (χ2v) is 6.87. The fraction of sp³-hybridized carbons (Fsp3) is 0.300. The summed E-state index contributed by atoms with van der Waals surface area (Å²) in [5.41, 5.74) is 1.67. The molecule has 0 spiro atoms. The molecule has 2 aromatic rings. The molecule has 1 saturated heterocycles. The first-order valence-electron chi connectivity index (χ1n) is 8.56. The zero-order valence-corrected chi connectivity index (χ0v) is 15.0. The standard InChI is InChI=1S/C20H20ClFN2O2/c21-18-7-2-1-5-15(18)8-9-19(25)23-17-11-20(26)24(13-17)12-14-4-3-6-16(22)10-14/h1-7,10,17H,8-9,11-13H2,(H,23,25). The van der Waals surface area contributed by atoms with Gasteiger partial charge in [0.05, 0.1) is 6.04 Å². The zero-order valence-electron chi connectivity index (χ0n) is 14.3. The summed E-state index contributed by atoms with van der Waals surface area (Å²) in [5, 5.41) is 3.56. The summed E-state index contributed by atoms with van der Waals surface area (Å²) in [6.07, 6.45) is 1.14. The Morgan fingerprint density at radius 2 is 2.04 bits per heavy atom. The van der Waals surface area contributed by atoms with Crippen molar-refractivity contribution in [2.24, 2.45) is 0 Å². The molecule has 0 bridgehead atoms. The molecule has 1 aliphatic heterocycles. The van der Waals surface area contributed by atoms with Crippen molar-refractivity contribution in [1.82, 2.24) is 10.2 Å². The van der Waals surface area contributed by atoms with Gasteiger partial charge < -0.3 is 10.2 Å². The van der Waals surface area contributed by atoms with E-state index in [9.17, 15) is 14.0 Å².